The van der Waals surface area contributed by atoms with E-state index in [2.05, 4.69) is 25.1 Å². The molecule has 0 fully saturated rings. The van der Waals surface area contributed by atoms with Gasteiger partial charge in [0.05, 0.1) is 0 Å². The van der Waals surface area contributed by atoms with E-state index in [1.54, 1.807) is 13.8 Å². The molecule has 0 aromatic rings. The van der Waals surface area contributed by atoms with Crippen molar-refractivity contribution in [3.05, 3.63) is 0 Å². The van der Waals surface area contributed by atoms with Gasteiger partial charge in [0, 0.05) is 0 Å². The molecule has 0 aliphatic rings. The second-order valence-corrected chi connectivity index (χ2v) is 2.17. The Morgan fingerprint density at radius 1 is 1.00 bits per heavy atom. The molecular formula is C7H13N3O3. The number of nitrogens with zero attached hydrogens (tertiary/aromatic N) is 3. The van der Waals surface area contributed by atoms with Crippen LogP contribution < -0.4 is 0 Å². The highest BCUT2D eigenvalue weighted by molar-refractivity contribution is 6.67. The lowest BCUT2D eigenvalue weighted by atomic mass is 10.2. The van der Waals surface area contributed by atoms with Gasteiger partial charge in [0.1, 0.15) is 25.6 Å². The van der Waals surface area contributed by atoms with Crippen LogP contribution in [0.4, 0.5) is 0 Å². The molecule has 0 rings (SSSR count). The highest BCUT2D eigenvalue weighted by Crippen LogP contribution is 1.91. The topological polar surface area (TPSA) is 75.8 Å². The fourth-order valence-corrected chi connectivity index (χ4v) is 0.713. The van der Waals surface area contributed by atoms with Gasteiger partial charge in [-0.2, -0.15) is 0 Å². The average Bonchev–Trinajstić information content (AvgIpc) is 2.13. The molecular weight excluding hydrogens is 174 g/mol. The number of rotatable bonds is 4. The Kier molecular flexibility index (Phi) is 5.25. The minimum Gasteiger partial charge on any atom is -0.411 e. The molecule has 74 valence electrons. The fraction of sp³-hybridized carbons (Fsp3) is 0.571. The van der Waals surface area contributed by atoms with E-state index < -0.39 is 0 Å². The van der Waals surface area contributed by atoms with Gasteiger partial charge in [-0.1, -0.05) is 15.5 Å². The molecule has 0 heterocycles. The van der Waals surface area contributed by atoms with Crippen LogP contribution in [0.15, 0.2) is 15.5 Å². The van der Waals surface area contributed by atoms with Gasteiger partial charge < -0.3 is 14.9 Å². The van der Waals surface area contributed by atoms with Crippen LogP contribution in [0, 0.1) is 0 Å². The predicted octanol–water partition coefficient (Wildman–Crippen LogP) is 0.861. The molecule has 0 saturated heterocycles. The molecule has 1 N–H and O–H groups in total. The number of oxime groups is 3. The molecule has 6 nitrogen and oxygen atoms in total. The van der Waals surface area contributed by atoms with E-state index in [0.717, 1.165) is 0 Å². The van der Waals surface area contributed by atoms with E-state index in [1.165, 1.54) is 14.2 Å². The van der Waals surface area contributed by atoms with Gasteiger partial charge in [-0.3, -0.25) is 0 Å². The lowest BCUT2D eigenvalue weighted by Gasteiger charge is -2.01. The Balaban J connectivity index is 4.83. The monoisotopic (exact) mass is 187 g/mol. The summed E-state index contributed by atoms with van der Waals surface area (Å²) in [7, 11) is 2.81. The molecule has 0 bridgehead atoms. The summed E-state index contributed by atoms with van der Waals surface area (Å²) in [5.74, 6) is 0. The van der Waals surface area contributed by atoms with Crippen molar-refractivity contribution in [2.75, 3.05) is 14.2 Å². The fourth-order valence-electron chi connectivity index (χ4n) is 0.713. The zero-order valence-corrected chi connectivity index (χ0v) is 8.11. The first-order valence-electron chi connectivity index (χ1n) is 3.55. The minimum atomic E-state index is 0.306. The summed E-state index contributed by atoms with van der Waals surface area (Å²) in [6, 6.07) is 0. The summed E-state index contributed by atoms with van der Waals surface area (Å²) in [4.78, 5) is 9.09. The highest BCUT2D eigenvalue weighted by atomic mass is 16.6. The van der Waals surface area contributed by atoms with E-state index in [9.17, 15) is 0 Å². The van der Waals surface area contributed by atoms with Crippen LogP contribution in [-0.2, 0) is 9.68 Å². The Morgan fingerprint density at radius 2 is 1.54 bits per heavy atom. The van der Waals surface area contributed by atoms with E-state index in [1.807, 2.05) is 0 Å². The van der Waals surface area contributed by atoms with Crippen molar-refractivity contribution < 1.29 is 14.9 Å². The second kappa shape index (κ2) is 5.99. The molecule has 0 aromatic carbocycles. The Labute approximate surface area is 76.5 Å². The Bertz CT molecular complexity index is 245. The zero-order valence-electron chi connectivity index (χ0n) is 8.11. The molecule has 0 aliphatic heterocycles. The molecule has 0 amide bonds. The summed E-state index contributed by atoms with van der Waals surface area (Å²) >= 11 is 0. The molecule has 0 atom stereocenters. The van der Waals surface area contributed by atoms with Crippen molar-refractivity contribution in [2.45, 2.75) is 13.8 Å². The largest absolute Gasteiger partial charge is 0.411 e. The smallest absolute Gasteiger partial charge is 0.151 e. The van der Waals surface area contributed by atoms with Gasteiger partial charge in [-0.15, -0.1) is 0 Å². The normalized spacial score (nSPS) is 14.3. The molecule has 0 aromatic heterocycles. The first-order chi connectivity index (χ1) is 6.17. The Hall–Kier alpha value is -1.59. The van der Waals surface area contributed by atoms with Crippen LogP contribution in [-0.4, -0.2) is 36.6 Å². The van der Waals surface area contributed by atoms with E-state index >= 15 is 0 Å². The third-order valence-electron chi connectivity index (χ3n) is 1.25. The summed E-state index contributed by atoms with van der Waals surface area (Å²) in [5.41, 5.74) is 1.12. The maximum Gasteiger partial charge on any atom is 0.151 e. The van der Waals surface area contributed by atoms with Crippen molar-refractivity contribution in [1.29, 1.82) is 0 Å². The Morgan fingerprint density at radius 3 is 1.92 bits per heavy atom. The minimum absolute atomic E-state index is 0.306. The van der Waals surface area contributed by atoms with Gasteiger partial charge in [-0.05, 0) is 13.8 Å². The standard InChI is InChI=1S/C7H13N3O3/c1-5(8-11)7(10-13-4)6(2)9-12-3/h11H,1-4H3/b8-5+,9-6-,10-7+. The molecule has 13 heavy (non-hydrogen) atoms. The quantitative estimate of drug-likeness (QED) is 0.403. The van der Waals surface area contributed by atoms with Crippen molar-refractivity contribution in [1.82, 2.24) is 0 Å². The molecule has 0 unspecified atom stereocenters. The molecule has 6 heteroatoms. The second-order valence-electron chi connectivity index (χ2n) is 2.17. The maximum atomic E-state index is 8.50. The first-order valence-corrected chi connectivity index (χ1v) is 3.55. The molecule has 0 radical (unpaired) electrons. The zero-order chi connectivity index (χ0) is 10.3. The van der Waals surface area contributed by atoms with Crippen molar-refractivity contribution >= 4 is 17.1 Å². The summed E-state index contributed by atoms with van der Waals surface area (Å²) < 4.78 is 0. The van der Waals surface area contributed by atoms with Crippen LogP contribution in [0.25, 0.3) is 0 Å². The molecule has 0 aliphatic carbocycles. The third-order valence-corrected chi connectivity index (χ3v) is 1.25. The van der Waals surface area contributed by atoms with Crippen LogP contribution in [0.3, 0.4) is 0 Å². The SMILES string of the molecule is CO\N=C(C)/C(=N/OC)C(/C)=N/O. The van der Waals surface area contributed by atoms with Crippen LogP contribution in [0.1, 0.15) is 13.8 Å². The third kappa shape index (κ3) is 3.55. The summed E-state index contributed by atoms with van der Waals surface area (Å²) in [5, 5.41) is 18.7. The van der Waals surface area contributed by atoms with E-state index in [0.29, 0.717) is 17.1 Å². The average molecular weight is 187 g/mol. The molecule has 0 saturated carbocycles. The summed E-state index contributed by atoms with van der Waals surface area (Å²) in [6.07, 6.45) is 0. The van der Waals surface area contributed by atoms with Gasteiger partial charge in [-0.25, -0.2) is 0 Å². The van der Waals surface area contributed by atoms with Gasteiger partial charge in [0.15, 0.2) is 5.71 Å². The van der Waals surface area contributed by atoms with E-state index in [-0.39, 0.29) is 0 Å². The predicted molar refractivity (Wildman–Crippen MR) is 49.5 cm³/mol. The van der Waals surface area contributed by atoms with Crippen molar-refractivity contribution in [3.8, 4) is 0 Å². The lowest BCUT2D eigenvalue weighted by molar-refractivity contribution is 0.210. The van der Waals surface area contributed by atoms with Crippen molar-refractivity contribution in [2.24, 2.45) is 15.5 Å². The van der Waals surface area contributed by atoms with Gasteiger partial charge >= 0.3 is 0 Å². The summed E-state index contributed by atoms with van der Waals surface area (Å²) in [6.45, 7) is 3.24. The number of hydrogen-bond donors (Lipinski definition) is 1. The first kappa shape index (κ1) is 11.4. The van der Waals surface area contributed by atoms with Crippen molar-refractivity contribution in [3.63, 3.8) is 0 Å². The number of hydrogen-bond acceptors (Lipinski definition) is 6. The molecule has 0 spiro atoms. The van der Waals surface area contributed by atoms with Crippen LogP contribution >= 0.6 is 0 Å². The van der Waals surface area contributed by atoms with Gasteiger partial charge in [0.25, 0.3) is 0 Å². The lowest BCUT2D eigenvalue weighted by Crippen LogP contribution is -2.20. The van der Waals surface area contributed by atoms with Gasteiger partial charge in [0.2, 0.25) is 0 Å². The van der Waals surface area contributed by atoms with E-state index in [4.69, 9.17) is 5.21 Å². The van der Waals surface area contributed by atoms with Crippen LogP contribution in [0.5, 0.6) is 0 Å². The van der Waals surface area contributed by atoms with Crippen LogP contribution in [0.2, 0.25) is 0 Å². The maximum absolute atomic E-state index is 8.50. The highest BCUT2D eigenvalue weighted by Gasteiger charge is 2.10.